The molecule has 36 heavy (non-hydrogen) atoms. The molecule has 1 aliphatic rings. The molecule has 3 aromatic rings. The van der Waals surface area contributed by atoms with Gasteiger partial charge in [-0.15, -0.1) is 0 Å². The van der Waals surface area contributed by atoms with E-state index >= 15 is 0 Å². The normalized spacial score (nSPS) is 13.3. The first-order valence-corrected chi connectivity index (χ1v) is 12.1. The molecule has 1 aliphatic heterocycles. The van der Waals surface area contributed by atoms with E-state index in [0.717, 1.165) is 42.5 Å². The summed E-state index contributed by atoms with van der Waals surface area (Å²) in [5, 5.41) is 3.64. The van der Waals surface area contributed by atoms with E-state index in [1.54, 1.807) is 14.2 Å². The quantitative estimate of drug-likeness (QED) is 0.467. The molecule has 0 atom stereocenters. The van der Waals surface area contributed by atoms with E-state index in [9.17, 15) is 4.79 Å². The Bertz CT molecular complexity index is 1180. The van der Waals surface area contributed by atoms with Crippen LogP contribution in [0.3, 0.4) is 0 Å². The second-order valence-electron chi connectivity index (χ2n) is 8.24. The Hall–Kier alpha value is -3.72. The molecule has 0 bridgehead atoms. The van der Waals surface area contributed by atoms with Gasteiger partial charge in [-0.3, -0.25) is 4.79 Å². The van der Waals surface area contributed by atoms with Crippen molar-refractivity contribution < 1.29 is 19.0 Å². The lowest BCUT2D eigenvalue weighted by Crippen LogP contribution is -2.47. The Morgan fingerprint density at radius 2 is 1.64 bits per heavy atom. The highest BCUT2D eigenvalue weighted by Crippen LogP contribution is 2.28. The lowest BCUT2D eigenvalue weighted by Gasteiger charge is -2.36. The van der Waals surface area contributed by atoms with Crippen LogP contribution in [0.1, 0.15) is 15.9 Å². The number of anilines is 2. The summed E-state index contributed by atoms with van der Waals surface area (Å²) in [6.07, 6.45) is 2.16. The second-order valence-corrected chi connectivity index (χ2v) is 8.68. The average molecular weight is 512 g/mol. The van der Waals surface area contributed by atoms with E-state index in [0.29, 0.717) is 36.0 Å². The van der Waals surface area contributed by atoms with Crippen molar-refractivity contribution in [3.63, 3.8) is 0 Å². The fraction of sp³-hybridized carbons (Fsp3) is 0.346. The van der Waals surface area contributed by atoms with Crippen LogP contribution in [0.15, 0.2) is 48.7 Å². The minimum atomic E-state index is -0.286. The summed E-state index contributed by atoms with van der Waals surface area (Å²) in [6, 6.07) is 13.5. The van der Waals surface area contributed by atoms with Gasteiger partial charge in [-0.1, -0.05) is 17.7 Å². The van der Waals surface area contributed by atoms with Crippen LogP contribution in [-0.4, -0.2) is 69.9 Å². The number of piperazine rings is 1. The standard InChI is InChI=1S/C26H30ClN5O4/c1-34-22-9-4-18(16-23(22)35-2)10-11-28-24(33)21-17-29-26(30-25(21)36-3)32-14-12-31(13-15-32)20-7-5-19(27)6-8-20/h4-9,16-17H,10-15H2,1-3H3,(H,28,33). The molecule has 1 N–H and O–H groups in total. The molecule has 1 aromatic heterocycles. The van der Waals surface area contributed by atoms with E-state index in [-0.39, 0.29) is 11.8 Å². The summed E-state index contributed by atoms with van der Waals surface area (Å²) in [5.41, 5.74) is 2.45. The first kappa shape index (κ1) is 25.4. The van der Waals surface area contributed by atoms with Crippen molar-refractivity contribution in [2.24, 2.45) is 0 Å². The monoisotopic (exact) mass is 511 g/mol. The number of amides is 1. The van der Waals surface area contributed by atoms with Gasteiger partial charge in [0.1, 0.15) is 5.56 Å². The highest BCUT2D eigenvalue weighted by atomic mass is 35.5. The smallest absolute Gasteiger partial charge is 0.258 e. The zero-order valence-corrected chi connectivity index (χ0v) is 21.4. The number of rotatable bonds is 9. The Morgan fingerprint density at radius 3 is 2.31 bits per heavy atom. The van der Waals surface area contributed by atoms with Crippen LogP contribution in [0.2, 0.25) is 5.02 Å². The molecule has 1 amide bonds. The third-order valence-electron chi connectivity index (χ3n) is 6.08. The van der Waals surface area contributed by atoms with E-state index < -0.39 is 0 Å². The van der Waals surface area contributed by atoms with E-state index in [4.69, 9.17) is 25.8 Å². The molecule has 190 valence electrons. The molecule has 0 aliphatic carbocycles. The minimum absolute atomic E-state index is 0.253. The molecule has 4 rings (SSSR count). The lowest BCUT2D eigenvalue weighted by atomic mass is 10.1. The van der Waals surface area contributed by atoms with Crippen LogP contribution in [0.25, 0.3) is 0 Å². The molecule has 2 heterocycles. The number of aromatic nitrogens is 2. The molecule has 9 nitrogen and oxygen atoms in total. The largest absolute Gasteiger partial charge is 0.493 e. The number of carbonyl (C=O) groups is 1. The summed E-state index contributed by atoms with van der Waals surface area (Å²) < 4.78 is 16.0. The Kier molecular flexibility index (Phi) is 8.32. The molecular weight excluding hydrogens is 482 g/mol. The van der Waals surface area contributed by atoms with Crippen LogP contribution >= 0.6 is 11.6 Å². The van der Waals surface area contributed by atoms with E-state index in [2.05, 4.69) is 25.1 Å². The number of ether oxygens (including phenoxy) is 3. The topological polar surface area (TPSA) is 89.1 Å². The number of methoxy groups -OCH3 is 3. The molecule has 0 spiro atoms. The third kappa shape index (κ3) is 5.91. The number of benzene rings is 2. The van der Waals surface area contributed by atoms with E-state index in [1.807, 2.05) is 42.5 Å². The maximum absolute atomic E-state index is 12.8. The number of hydrogen-bond acceptors (Lipinski definition) is 8. The van der Waals surface area contributed by atoms with Crippen LogP contribution in [-0.2, 0) is 6.42 Å². The summed E-state index contributed by atoms with van der Waals surface area (Å²) in [7, 11) is 4.70. The van der Waals surface area contributed by atoms with Crippen molar-refractivity contribution in [1.29, 1.82) is 0 Å². The van der Waals surface area contributed by atoms with Gasteiger partial charge in [0.2, 0.25) is 11.8 Å². The first-order valence-electron chi connectivity index (χ1n) is 11.7. The van der Waals surface area contributed by atoms with Gasteiger partial charge in [0.05, 0.1) is 21.3 Å². The van der Waals surface area contributed by atoms with Gasteiger partial charge in [-0.05, 0) is 48.4 Å². The van der Waals surface area contributed by atoms with Gasteiger partial charge in [0, 0.05) is 49.6 Å². The predicted octanol–water partition coefficient (Wildman–Crippen LogP) is 3.45. The molecule has 0 radical (unpaired) electrons. The number of nitrogens with one attached hydrogen (secondary N) is 1. The van der Waals surface area contributed by atoms with Gasteiger partial charge >= 0.3 is 0 Å². The summed E-state index contributed by atoms with van der Waals surface area (Å²) in [6.45, 7) is 3.59. The molecule has 10 heteroatoms. The highest BCUT2D eigenvalue weighted by molar-refractivity contribution is 6.30. The van der Waals surface area contributed by atoms with Crippen molar-refractivity contribution >= 4 is 29.1 Å². The minimum Gasteiger partial charge on any atom is -0.493 e. The number of nitrogens with zero attached hydrogens (tertiary/aromatic N) is 4. The summed E-state index contributed by atoms with van der Waals surface area (Å²) in [4.78, 5) is 26.2. The summed E-state index contributed by atoms with van der Waals surface area (Å²) in [5.74, 6) is 1.83. The highest BCUT2D eigenvalue weighted by Gasteiger charge is 2.22. The van der Waals surface area contributed by atoms with Crippen molar-refractivity contribution in [3.8, 4) is 17.4 Å². The molecule has 0 unspecified atom stereocenters. The number of hydrogen-bond donors (Lipinski definition) is 1. The van der Waals surface area contributed by atoms with Crippen LogP contribution < -0.4 is 29.3 Å². The first-order chi connectivity index (χ1) is 17.5. The zero-order chi connectivity index (χ0) is 25.5. The fourth-order valence-electron chi connectivity index (χ4n) is 4.09. The zero-order valence-electron chi connectivity index (χ0n) is 20.7. The fourth-order valence-corrected chi connectivity index (χ4v) is 4.22. The molecule has 2 aromatic carbocycles. The molecule has 0 saturated carbocycles. The maximum Gasteiger partial charge on any atom is 0.258 e. The van der Waals surface area contributed by atoms with Crippen molar-refractivity contribution in [1.82, 2.24) is 15.3 Å². The Balaban J connectivity index is 1.34. The van der Waals surface area contributed by atoms with Gasteiger partial charge in [-0.2, -0.15) is 4.98 Å². The number of halogens is 1. The predicted molar refractivity (Wildman–Crippen MR) is 140 cm³/mol. The summed E-state index contributed by atoms with van der Waals surface area (Å²) >= 11 is 6.00. The van der Waals surface area contributed by atoms with Gasteiger partial charge in [-0.25, -0.2) is 4.98 Å². The maximum atomic E-state index is 12.8. The molecule has 1 saturated heterocycles. The van der Waals surface area contributed by atoms with Crippen molar-refractivity contribution in [3.05, 3.63) is 64.8 Å². The number of carbonyl (C=O) groups excluding carboxylic acids is 1. The van der Waals surface area contributed by atoms with Crippen molar-refractivity contribution in [2.75, 3.05) is 63.9 Å². The Labute approximate surface area is 216 Å². The second kappa shape index (κ2) is 11.8. The van der Waals surface area contributed by atoms with Gasteiger partial charge < -0.3 is 29.3 Å². The SMILES string of the molecule is COc1ccc(CCNC(=O)c2cnc(N3CCN(c4ccc(Cl)cc4)CC3)nc2OC)cc1OC. The lowest BCUT2D eigenvalue weighted by molar-refractivity contribution is 0.0950. The average Bonchev–Trinajstić information content (AvgIpc) is 2.93. The van der Waals surface area contributed by atoms with Gasteiger partial charge in [0.25, 0.3) is 5.91 Å². The molecule has 1 fully saturated rings. The van der Waals surface area contributed by atoms with Crippen LogP contribution in [0.5, 0.6) is 17.4 Å². The molecular formula is C26H30ClN5O4. The Morgan fingerprint density at radius 1 is 0.944 bits per heavy atom. The van der Waals surface area contributed by atoms with Crippen molar-refractivity contribution in [2.45, 2.75) is 6.42 Å². The third-order valence-corrected chi connectivity index (χ3v) is 6.33. The van der Waals surface area contributed by atoms with Gasteiger partial charge in [0.15, 0.2) is 11.5 Å². The van der Waals surface area contributed by atoms with Crippen LogP contribution in [0.4, 0.5) is 11.6 Å². The van der Waals surface area contributed by atoms with E-state index in [1.165, 1.54) is 13.3 Å². The van der Waals surface area contributed by atoms with Crippen LogP contribution in [0, 0.1) is 0 Å².